The minimum Gasteiger partial charge on any atom is -0.506 e. The second-order valence-electron chi connectivity index (χ2n) is 4.99. The zero-order valence-electron chi connectivity index (χ0n) is 10.3. The highest BCUT2D eigenvalue weighted by molar-refractivity contribution is 5.27. The third-order valence-corrected chi connectivity index (χ3v) is 2.25. The fourth-order valence-electron chi connectivity index (χ4n) is 1.27. The van der Waals surface area contributed by atoms with Gasteiger partial charge in [-0.25, -0.2) is 0 Å². The Bertz CT molecular complexity index is 359. The van der Waals surface area contributed by atoms with Crippen LogP contribution in [0, 0.1) is 6.92 Å². The lowest BCUT2D eigenvalue weighted by Gasteiger charge is -2.22. The molecule has 0 aliphatic rings. The van der Waals surface area contributed by atoms with Crippen LogP contribution in [0.2, 0.25) is 0 Å². The van der Waals surface area contributed by atoms with Crippen LogP contribution < -0.4 is 5.32 Å². The van der Waals surface area contributed by atoms with Crippen LogP contribution in [0.1, 0.15) is 38.3 Å². The number of aliphatic hydroxyl groups excluding tert-OH is 1. The summed E-state index contributed by atoms with van der Waals surface area (Å²) in [5.74, 6) is 0.153. The van der Waals surface area contributed by atoms with Crippen molar-refractivity contribution in [1.29, 1.82) is 0 Å². The second-order valence-corrected chi connectivity index (χ2v) is 4.99. The highest BCUT2D eigenvalue weighted by atomic mass is 16.3. The molecule has 1 atom stereocenters. The SMILES string of the molecule is Cc1nc(C(O)CNC(C)(C)C)ccc1O. The monoisotopic (exact) mass is 224 g/mol. The van der Waals surface area contributed by atoms with Gasteiger partial charge in [-0.1, -0.05) is 0 Å². The van der Waals surface area contributed by atoms with Crippen molar-refractivity contribution in [2.75, 3.05) is 6.54 Å². The Hall–Kier alpha value is -1.13. The van der Waals surface area contributed by atoms with Crippen molar-refractivity contribution in [3.8, 4) is 5.75 Å². The summed E-state index contributed by atoms with van der Waals surface area (Å²) in [4.78, 5) is 4.13. The minimum atomic E-state index is -0.654. The maximum absolute atomic E-state index is 9.89. The van der Waals surface area contributed by atoms with Crippen LogP contribution in [0.25, 0.3) is 0 Å². The van der Waals surface area contributed by atoms with E-state index in [4.69, 9.17) is 0 Å². The number of hydrogen-bond donors (Lipinski definition) is 3. The highest BCUT2D eigenvalue weighted by Gasteiger charge is 2.15. The van der Waals surface area contributed by atoms with Crippen molar-refractivity contribution in [1.82, 2.24) is 10.3 Å². The molecule has 0 aromatic carbocycles. The molecule has 0 amide bonds. The van der Waals surface area contributed by atoms with E-state index in [0.29, 0.717) is 17.9 Å². The average molecular weight is 224 g/mol. The molecule has 0 spiro atoms. The molecule has 1 heterocycles. The predicted molar refractivity (Wildman–Crippen MR) is 63.4 cm³/mol. The number of nitrogens with zero attached hydrogens (tertiary/aromatic N) is 1. The molecule has 1 aromatic rings. The van der Waals surface area contributed by atoms with E-state index in [0.717, 1.165) is 0 Å². The Kier molecular flexibility index (Phi) is 3.88. The van der Waals surface area contributed by atoms with Crippen molar-refractivity contribution in [2.45, 2.75) is 39.3 Å². The number of nitrogens with one attached hydrogen (secondary N) is 1. The largest absolute Gasteiger partial charge is 0.506 e. The molecule has 16 heavy (non-hydrogen) atoms. The van der Waals surface area contributed by atoms with Gasteiger partial charge in [0, 0.05) is 12.1 Å². The molecule has 1 aromatic heterocycles. The fraction of sp³-hybridized carbons (Fsp3) is 0.583. The van der Waals surface area contributed by atoms with Crippen molar-refractivity contribution < 1.29 is 10.2 Å². The number of aryl methyl sites for hydroxylation is 1. The summed E-state index contributed by atoms with van der Waals surface area (Å²) >= 11 is 0. The molecule has 1 unspecified atom stereocenters. The lowest BCUT2D eigenvalue weighted by atomic mass is 10.1. The molecule has 0 saturated carbocycles. The van der Waals surface area contributed by atoms with Crippen LogP contribution in [-0.2, 0) is 0 Å². The van der Waals surface area contributed by atoms with Crippen LogP contribution in [0.3, 0.4) is 0 Å². The Labute approximate surface area is 96.3 Å². The number of pyridine rings is 1. The van der Waals surface area contributed by atoms with Gasteiger partial charge in [0.1, 0.15) is 11.9 Å². The Morgan fingerprint density at radius 2 is 2.00 bits per heavy atom. The van der Waals surface area contributed by atoms with Crippen molar-refractivity contribution >= 4 is 0 Å². The maximum atomic E-state index is 9.89. The third-order valence-electron chi connectivity index (χ3n) is 2.25. The normalized spacial score (nSPS) is 13.8. The van der Waals surface area contributed by atoms with Gasteiger partial charge in [0.05, 0.1) is 11.4 Å². The van der Waals surface area contributed by atoms with Crippen LogP contribution in [0.4, 0.5) is 0 Å². The van der Waals surface area contributed by atoms with E-state index in [1.807, 2.05) is 20.8 Å². The van der Waals surface area contributed by atoms with Gasteiger partial charge in [-0.15, -0.1) is 0 Å². The summed E-state index contributed by atoms with van der Waals surface area (Å²) in [6.45, 7) is 8.27. The molecule has 4 nitrogen and oxygen atoms in total. The summed E-state index contributed by atoms with van der Waals surface area (Å²) in [6, 6.07) is 3.19. The topological polar surface area (TPSA) is 65.4 Å². The number of aromatic nitrogens is 1. The number of β-amino-alcohol motifs (C(OH)–C–C–N with tert-alkyl or cyclic N) is 1. The quantitative estimate of drug-likeness (QED) is 0.728. The summed E-state index contributed by atoms with van der Waals surface area (Å²) in [5.41, 5.74) is 1.08. The third kappa shape index (κ3) is 3.79. The summed E-state index contributed by atoms with van der Waals surface area (Å²) in [5, 5.41) is 22.4. The Morgan fingerprint density at radius 3 is 2.50 bits per heavy atom. The lowest BCUT2D eigenvalue weighted by Crippen LogP contribution is -2.38. The number of hydrogen-bond acceptors (Lipinski definition) is 4. The smallest absolute Gasteiger partial charge is 0.136 e. The lowest BCUT2D eigenvalue weighted by molar-refractivity contribution is 0.158. The first kappa shape index (κ1) is 12.9. The first-order valence-corrected chi connectivity index (χ1v) is 5.39. The van der Waals surface area contributed by atoms with Gasteiger partial charge in [-0.3, -0.25) is 4.98 Å². The van der Waals surface area contributed by atoms with Crippen molar-refractivity contribution in [3.05, 3.63) is 23.5 Å². The molecule has 0 aliphatic carbocycles. The van der Waals surface area contributed by atoms with Gasteiger partial charge in [0.2, 0.25) is 0 Å². The molecule has 4 heteroatoms. The maximum Gasteiger partial charge on any atom is 0.136 e. The molecule has 0 fully saturated rings. The molecule has 0 aliphatic heterocycles. The summed E-state index contributed by atoms with van der Waals surface area (Å²) in [6.07, 6.45) is -0.654. The predicted octanol–water partition coefficient (Wildman–Crippen LogP) is 1.52. The summed E-state index contributed by atoms with van der Waals surface area (Å²) < 4.78 is 0. The van der Waals surface area contributed by atoms with Crippen LogP contribution in [-0.4, -0.2) is 27.3 Å². The summed E-state index contributed by atoms with van der Waals surface area (Å²) in [7, 11) is 0. The molecule has 1 rings (SSSR count). The zero-order valence-corrected chi connectivity index (χ0v) is 10.3. The average Bonchev–Trinajstić information content (AvgIpc) is 2.17. The van der Waals surface area contributed by atoms with Gasteiger partial charge >= 0.3 is 0 Å². The Morgan fingerprint density at radius 1 is 1.38 bits per heavy atom. The van der Waals surface area contributed by atoms with Gasteiger partial charge in [-0.2, -0.15) is 0 Å². The van der Waals surface area contributed by atoms with Crippen LogP contribution in [0.5, 0.6) is 5.75 Å². The van der Waals surface area contributed by atoms with Crippen LogP contribution in [0.15, 0.2) is 12.1 Å². The van der Waals surface area contributed by atoms with Gasteiger partial charge < -0.3 is 15.5 Å². The molecular formula is C12H20N2O2. The van der Waals surface area contributed by atoms with Gasteiger partial charge in [-0.05, 0) is 39.8 Å². The van der Waals surface area contributed by atoms with E-state index in [-0.39, 0.29) is 11.3 Å². The molecule has 0 bridgehead atoms. The van der Waals surface area contributed by atoms with Gasteiger partial charge in [0.15, 0.2) is 0 Å². The van der Waals surface area contributed by atoms with Crippen LogP contribution >= 0.6 is 0 Å². The minimum absolute atomic E-state index is 0.0348. The highest BCUT2D eigenvalue weighted by Crippen LogP contribution is 2.17. The van der Waals surface area contributed by atoms with E-state index >= 15 is 0 Å². The Balaban J connectivity index is 2.66. The van der Waals surface area contributed by atoms with Gasteiger partial charge in [0.25, 0.3) is 0 Å². The first-order chi connectivity index (χ1) is 7.29. The molecule has 0 saturated heterocycles. The zero-order chi connectivity index (χ0) is 12.3. The second kappa shape index (κ2) is 4.80. The van der Waals surface area contributed by atoms with E-state index in [1.165, 1.54) is 0 Å². The van der Waals surface area contributed by atoms with E-state index < -0.39 is 6.10 Å². The molecule has 3 N–H and O–H groups in total. The number of aliphatic hydroxyl groups is 1. The number of aromatic hydroxyl groups is 1. The standard InChI is InChI=1S/C12H20N2O2/c1-8-10(15)6-5-9(14-8)11(16)7-13-12(2,3)4/h5-6,11,13,15-16H,7H2,1-4H3. The van der Waals surface area contributed by atoms with E-state index in [2.05, 4.69) is 10.3 Å². The fourth-order valence-corrected chi connectivity index (χ4v) is 1.27. The number of rotatable bonds is 3. The van der Waals surface area contributed by atoms with Crippen molar-refractivity contribution in [3.63, 3.8) is 0 Å². The van der Waals surface area contributed by atoms with Crippen molar-refractivity contribution in [2.24, 2.45) is 0 Å². The van der Waals surface area contributed by atoms with E-state index in [1.54, 1.807) is 19.1 Å². The molecule has 90 valence electrons. The van der Waals surface area contributed by atoms with E-state index in [9.17, 15) is 10.2 Å². The molecular weight excluding hydrogens is 204 g/mol. The molecule has 0 radical (unpaired) electrons. The first-order valence-electron chi connectivity index (χ1n) is 5.39.